The maximum absolute atomic E-state index is 10.6. The van der Waals surface area contributed by atoms with Crippen molar-refractivity contribution in [1.82, 2.24) is 4.98 Å². The van der Waals surface area contributed by atoms with Crippen molar-refractivity contribution in [3.8, 4) is 0 Å². The Labute approximate surface area is 132 Å². The first-order chi connectivity index (χ1) is 10.9. The van der Waals surface area contributed by atoms with Crippen molar-refractivity contribution in [2.75, 3.05) is 13.2 Å². The van der Waals surface area contributed by atoms with E-state index in [1.807, 2.05) is 30.5 Å². The van der Waals surface area contributed by atoms with Crippen molar-refractivity contribution in [1.29, 1.82) is 0 Å². The summed E-state index contributed by atoms with van der Waals surface area (Å²) < 4.78 is 0. The Morgan fingerprint density at radius 2 is 1.70 bits per heavy atom. The van der Waals surface area contributed by atoms with E-state index in [2.05, 4.69) is 4.98 Å². The van der Waals surface area contributed by atoms with Crippen LogP contribution in [-0.2, 0) is 11.2 Å². The number of hydrogen-bond acceptors (Lipinski definition) is 6. The van der Waals surface area contributed by atoms with Gasteiger partial charge in [0.1, 0.15) is 18.2 Å². The van der Waals surface area contributed by atoms with Gasteiger partial charge in [0.2, 0.25) is 0 Å². The van der Waals surface area contributed by atoms with E-state index >= 15 is 0 Å². The number of carboxylic acids is 1. The molecule has 0 aliphatic carbocycles. The first-order valence-corrected chi connectivity index (χ1v) is 7.01. The Hall–Kier alpha value is -1.97. The van der Waals surface area contributed by atoms with Gasteiger partial charge in [0, 0.05) is 23.5 Å². The number of aliphatic carboxylic acids is 1. The average Bonchev–Trinajstić information content (AvgIpc) is 2.97. The summed E-state index contributed by atoms with van der Waals surface area (Å²) >= 11 is 0. The molecule has 0 aliphatic rings. The van der Waals surface area contributed by atoms with E-state index in [1.165, 1.54) is 0 Å². The monoisotopic (exact) mass is 326 g/mol. The molecule has 0 bridgehead atoms. The van der Waals surface area contributed by atoms with Crippen LogP contribution in [0.2, 0.25) is 0 Å². The Morgan fingerprint density at radius 1 is 1.13 bits per heavy atom. The third-order valence-electron chi connectivity index (χ3n) is 3.25. The van der Waals surface area contributed by atoms with E-state index in [4.69, 9.17) is 31.3 Å². The predicted molar refractivity (Wildman–Crippen MR) is 83.8 cm³/mol. The number of rotatable bonds is 6. The zero-order valence-corrected chi connectivity index (χ0v) is 12.5. The standard InChI is InChI=1S/C11H12N2O2.C4H10O4/c12-9(11(14)15)5-7-6-13-10-4-2-1-3-8(7)10;5-1-3(7)4(8)2-6/h1-4,6,9,13H,5,12H2,(H,14,15);3-8H,1-2H2. The van der Waals surface area contributed by atoms with E-state index in [0.717, 1.165) is 16.5 Å². The molecule has 3 unspecified atom stereocenters. The highest BCUT2D eigenvalue weighted by molar-refractivity contribution is 5.84. The normalized spacial score (nSPS) is 14.7. The lowest BCUT2D eigenvalue weighted by Gasteiger charge is -2.10. The van der Waals surface area contributed by atoms with Crippen LogP contribution in [0.5, 0.6) is 0 Å². The van der Waals surface area contributed by atoms with Crippen molar-refractivity contribution in [2.24, 2.45) is 5.73 Å². The van der Waals surface area contributed by atoms with Gasteiger partial charge in [-0.25, -0.2) is 0 Å². The highest BCUT2D eigenvalue weighted by Crippen LogP contribution is 2.18. The number of carboxylic acid groups (broad SMARTS) is 1. The first kappa shape index (κ1) is 19.1. The lowest BCUT2D eigenvalue weighted by molar-refractivity contribution is -0.138. The zero-order chi connectivity index (χ0) is 17.4. The summed E-state index contributed by atoms with van der Waals surface area (Å²) in [5.41, 5.74) is 7.43. The van der Waals surface area contributed by atoms with E-state index in [0.29, 0.717) is 6.42 Å². The molecule has 0 saturated heterocycles. The Kier molecular flexibility index (Phi) is 7.66. The first-order valence-electron chi connectivity index (χ1n) is 7.01. The Balaban J connectivity index is 0.000000284. The Bertz CT molecular complexity index is 607. The van der Waals surface area contributed by atoms with Gasteiger partial charge in [-0.2, -0.15) is 0 Å². The number of para-hydroxylation sites is 1. The molecule has 0 fully saturated rings. The number of H-pyrrole nitrogens is 1. The quantitative estimate of drug-likeness (QED) is 0.351. The maximum atomic E-state index is 10.6. The second-order valence-electron chi connectivity index (χ2n) is 5.01. The second-order valence-corrected chi connectivity index (χ2v) is 5.01. The number of aromatic nitrogens is 1. The molecule has 8 heteroatoms. The minimum absolute atomic E-state index is 0.347. The van der Waals surface area contributed by atoms with Gasteiger partial charge in [-0.05, 0) is 11.6 Å². The van der Waals surface area contributed by atoms with Crippen molar-refractivity contribution in [3.63, 3.8) is 0 Å². The number of hydrogen-bond donors (Lipinski definition) is 7. The van der Waals surface area contributed by atoms with Crippen LogP contribution in [-0.4, -0.2) is 67.9 Å². The smallest absolute Gasteiger partial charge is 0.320 e. The van der Waals surface area contributed by atoms with Crippen molar-refractivity contribution in [2.45, 2.75) is 24.7 Å². The number of nitrogens with one attached hydrogen (secondary N) is 1. The molecular formula is C15H22N2O6. The third-order valence-corrected chi connectivity index (χ3v) is 3.25. The van der Waals surface area contributed by atoms with Gasteiger partial charge in [0.05, 0.1) is 13.2 Å². The molecule has 8 N–H and O–H groups in total. The lowest BCUT2D eigenvalue weighted by atomic mass is 10.1. The van der Waals surface area contributed by atoms with E-state index < -0.39 is 37.4 Å². The summed E-state index contributed by atoms with van der Waals surface area (Å²) in [6.07, 6.45) is -0.285. The van der Waals surface area contributed by atoms with Gasteiger partial charge < -0.3 is 36.3 Å². The van der Waals surface area contributed by atoms with Crippen molar-refractivity contribution < 1.29 is 30.3 Å². The van der Waals surface area contributed by atoms with Crippen LogP contribution in [0.3, 0.4) is 0 Å². The average molecular weight is 326 g/mol. The Morgan fingerprint density at radius 3 is 2.22 bits per heavy atom. The highest BCUT2D eigenvalue weighted by atomic mass is 16.4. The number of carbonyl (C=O) groups is 1. The van der Waals surface area contributed by atoms with Crippen molar-refractivity contribution >= 4 is 16.9 Å². The lowest BCUT2D eigenvalue weighted by Crippen LogP contribution is -2.32. The van der Waals surface area contributed by atoms with E-state index in [-0.39, 0.29) is 0 Å². The molecule has 128 valence electrons. The molecule has 0 radical (unpaired) electrons. The van der Waals surface area contributed by atoms with Gasteiger partial charge in [-0.1, -0.05) is 18.2 Å². The second kappa shape index (κ2) is 9.23. The minimum atomic E-state index is -1.22. The summed E-state index contributed by atoms with van der Waals surface area (Å²) in [6, 6.07) is 6.91. The van der Waals surface area contributed by atoms with Gasteiger partial charge in [0.15, 0.2) is 0 Å². The SMILES string of the molecule is NC(Cc1c[nH]c2ccccc12)C(=O)O.OCC(O)C(O)CO. The third kappa shape index (κ3) is 5.62. The van der Waals surface area contributed by atoms with Crippen LogP contribution >= 0.6 is 0 Å². The van der Waals surface area contributed by atoms with Gasteiger partial charge >= 0.3 is 5.97 Å². The fourth-order valence-corrected chi connectivity index (χ4v) is 1.87. The zero-order valence-electron chi connectivity index (χ0n) is 12.5. The van der Waals surface area contributed by atoms with Crippen LogP contribution in [0.1, 0.15) is 5.56 Å². The molecule has 1 heterocycles. The molecular weight excluding hydrogens is 304 g/mol. The molecule has 3 atom stereocenters. The number of benzene rings is 1. The number of aromatic amines is 1. The molecule has 1 aromatic heterocycles. The number of aliphatic hydroxyl groups excluding tert-OH is 4. The molecule has 2 rings (SSSR count). The predicted octanol–water partition coefficient (Wildman–Crippen LogP) is -1.18. The largest absolute Gasteiger partial charge is 0.480 e. The number of nitrogens with two attached hydrogens (primary N) is 1. The van der Waals surface area contributed by atoms with E-state index in [9.17, 15) is 4.79 Å². The summed E-state index contributed by atoms with van der Waals surface area (Å²) in [5.74, 6) is -0.972. The number of aliphatic hydroxyl groups is 4. The molecule has 0 amide bonds. The van der Waals surface area contributed by atoms with Gasteiger partial charge in [0.25, 0.3) is 0 Å². The maximum Gasteiger partial charge on any atom is 0.320 e. The van der Waals surface area contributed by atoms with Crippen LogP contribution in [0.4, 0.5) is 0 Å². The van der Waals surface area contributed by atoms with Crippen LogP contribution in [0, 0.1) is 0 Å². The molecule has 8 nitrogen and oxygen atoms in total. The summed E-state index contributed by atoms with van der Waals surface area (Å²) in [7, 11) is 0. The molecule has 0 aliphatic heterocycles. The molecule has 2 aromatic rings. The number of fused-ring (bicyclic) bond motifs is 1. The topological polar surface area (TPSA) is 160 Å². The summed E-state index contributed by atoms with van der Waals surface area (Å²) in [6.45, 7) is -1.05. The van der Waals surface area contributed by atoms with Crippen molar-refractivity contribution in [3.05, 3.63) is 36.0 Å². The van der Waals surface area contributed by atoms with Crippen LogP contribution in [0.25, 0.3) is 10.9 Å². The van der Waals surface area contributed by atoms with Crippen LogP contribution in [0.15, 0.2) is 30.5 Å². The highest BCUT2D eigenvalue weighted by Gasteiger charge is 2.14. The van der Waals surface area contributed by atoms with Gasteiger partial charge in [-0.15, -0.1) is 0 Å². The molecule has 0 spiro atoms. The molecule has 1 aromatic carbocycles. The van der Waals surface area contributed by atoms with Crippen LogP contribution < -0.4 is 5.73 Å². The molecule has 23 heavy (non-hydrogen) atoms. The minimum Gasteiger partial charge on any atom is -0.480 e. The summed E-state index contributed by atoms with van der Waals surface area (Å²) in [5, 5.41) is 42.9. The summed E-state index contributed by atoms with van der Waals surface area (Å²) in [4.78, 5) is 13.7. The molecule has 0 saturated carbocycles. The van der Waals surface area contributed by atoms with E-state index in [1.54, 1.807) is 0 Å². The fourth-order valence-electron chi connectivity index (χ4n) is 1.87. The van der Waals surface area contributed by atoms with Gasteiger partial charge in [-0.3, -0.25) is 4.79 Å². The fraction of sp³-hybridized carbons (Fsp3) is 0.400.